The summed E-state index contributed by atoms with van der Waals surface area (Å²) in [5.41, 5.74) is 0. The number of allylic oxidation sites excluding steroid dienone is 5. The van der Waals surface area contributed by atoms with Crippen molar-refractivity contribution in [2.24, 2.45) is 0 Å². The largest absolute Gasteiger partial charge is 0.466 e. The molecule has 0 rings (SSSR count). The van der Waals surface area contributed by atoms with E-state index in [0.717, 1.165) is 44.9 Å². The number of carbonyl (C=O) groups is 2. The van der Waals surface area contributed by atoms with Crippen molar-refractivity contribution in [1.29, 1.82) is 0 Å². The summed E-state index contributed by atoms with van der Waals surface area (Å²) in [4.78, 5) is 24.6. The van der Waals surface area contributed by atoms with Crippen LogP contribution in [-0.2, 0) is 14.3 Å². The summed E-state index contributed by atoms with van der Waals surface area (Å²) >= 11 is 0. The molecule has 466 valence electrons. The minimum atomic E-state index is -0.843. The molecule has 2 unspecified atom stereocenters. The first-order valence-electron chi connectivity index (χ1n) is 35.8. The Morgan fingerprint density at radius 1 is 0.354 bits per heavy atom. The lowest BCUT2D eigenvalue weighted by Crippen LogP contribution is -2.45. The van der Waals surface area contributed by atoms with Crippen LogP contribution < -0.4 is 5.32 Å². The zero-order valence-electron chi connectivity index (χ0n) is 53.4. The van der Waals surface area contributed by atoms with Gasteiger partial charge in [-0.05, 0) is 64.2 Å². The second-order valence-corrected chi connectivity index (χ2v) is 24.6. The van der Waals surface area contributed by atoms with Gasteiger partial charge in [-0.15, -0.1) is 0 Å². The quantitative estimate of drug-likeness (QED) is 0.0320. The van der Waals surface area contributed by atoms with Gasteiger partial charge in [-0.1, -0.05) is 352 Å². The topological polar surface area (TPSA) is 95.9 Å². The number of rotatable bonds is 67. The Morgan fingerprint density at radius 2 is 0.633 bits per heavy atom. The zero-order valence-corrected chi connectivity index (χ0v) is 53.4. The molecule has 2 atom stereocenters. The van der Waals surface area contributed by atoms with E-state index in [1.165, 1.54) is 321 Å². The summed E-state index contributed by atoms with van der Waals surface area (Å²) in [7, 11) is 0. The molecule has 0 aromatic carbocycles. The first-order valence-corrected chi connectivity index (χ1v) is 35.8. The Bertz CT molecular complexity index is 1280. The van der Waals surface area contributed by atoms with Gasteiger partial charge in [-0.3, -0.25) is 9.59 Å². The molecule has 0 aliphatic heterocycles. The number of aliphatic hydroxyl groups is 2. The lowest BCUT2D eigenvalue weighted by atomic mass is 10.0. The highest BCUT2D eigenvalue weighted by Gasteiger charge is 2.18. The molecule has 0 saturated heterocycles. The number of ether oxygens (including phenoxy) is 1. The second kappa shape index (κ2) is 68.6. The average molecular weight is 1110 g/mol. The van der Waals surface area contributed by atoms with Crippen molar-refractivity contribution in [2.45, 2.75) is 405 Å². The van der Waals surface area contributed by atoms with Crippen LogP contribution in [0, 0.1) is 0 Å². The molecular formula is C73H139NO5. The summed E-state index contributed by atoms with van der Waals surface area (Å²) in [6.07, 6.45) is 88.1. The number of esters is 1. The molecular weight excluding hydrogens is 971 g/mol. The molecule has 79 heavy (non-hydrogen) atoms. The summed E-state index contributed by atoms with van der Waals surface area (Å²) in [6.45, 7) is 4.93. The van der Waals surface area contributed by atoms with E-state index in [9.17, 15) is 19.8 Å². The number of hydrogen-bond donors (Lipinski definition) is 3. The van der Waals surface area contributed by atoms with Gasteiger partial charge in [0.1, 0.15) is 0 Å². The molecule has 0 aliphatic carbocycles. The molecule has 0 radical (unpaired) electrons. The van der Waals surface area contributed by atoms with E-state index in [1.807, 2.05) is 6.08 Å². The maximum Gasteiger partial charge on any atom is 0.305 e. The fraction of sp³-hybridized carbons (Fsp3) is 0.890. The summed E-state index contributed by atoms with van der Waals surface area (Å²) in [5, 5.41) is 23.1. The van der Waals surface area contributed by atoms with E-state index < -0.39 is 12.1 Å². The molecule has 0 aromatic heterocycles. The third kappa shape index (κ3) is 65.1. The lowest BCUT2D eigenvalue weighted by molar-refractivity contribution is -0.143. The van der Waals surface area contributed by atoms with E-state index in [4.69, 9.17) is 4.74 Å². The third-order valence-corrected chi connectivity index (χ3v) is 16.7. The molecule has 0 spiro atoms. The van der Waals surface area contributed by atoms with Crippen LogP contribution in [0.1, 0.15) is 393 Å². The molecule has 1 amide bonds. The van der Waals surface area contributed by atoms with E-state index in [2.05, 4.69) is 43.5 Å². The Morgan fingerprint density at radius 3 is 0.962 bits per heavy atom. The summed E-state index contributed by atoms with van der Waals surface area (Å²) < 4.78 is 5.51. The van der Waals surface area contributed by atoms with Crippen LogP contribution in [0.4, 0.5) is 0 Å². The lowest BCUT2D eigenvalue weighted by Gasteiger charge is -2.20. The van der Waals surface area contributed by atoms with E-state index in [1.54, 1.807) is 6.08 Å². The van der Waals surface area contributed by atoms with Crippen LogP contribution >= 0.6 is 0 Å². The van der Waals surface area contributed by atoms with Crippen LogP contribution in [0.2, 0.25) is 0 Å². The molecule has 0 bridgehead atoms. The number of unbranched alkanes of at least 4 members (excludes halogenated alkanes) is 52. The van der Waals surface area contributed by atoms with Gasteiger partial charge >= 0.3 is 5.97 Å². The SMILES string of the molecule is CCCCCCCCCCCCC/C=C/C(O)C(CO)NC(=O)CCCCCCCCCCCCCCCCC/C=C\C/C=C\CCCCCCCCCCCOC(=O)CCCCCCCCCCCCCCCCCCCC. The van der Waals surface area contributed by atoms with Crippen molar-refractivity contribution in [2.75, 3.05) is 13.2 Å². The Kier molecular flexibility index (Phi) is 66.9. The van der Waals surface area contributed by atoms with Crippen LogP contribution in [0.3, 0.4) is 0 Å². The van der Waals surface area contributed by atoms with Crippen LogP contribution in [-0.4, -0.2) is 47.4 Å². The van der Waals surface area contributed by atoms with Gasteiger partial charge in [0.25, 0.3) is 0 Å². The normalized spacial score (nSPS) is 12.7. The average Bonchev–Trinajstić information content (AvgIpc) is 3.45. The molecule has 3 N–H and O–H groups in total. The first-order chi connectivity index (χ1) is 39.0. The summed E-state index contributed by atoms with van der Waals surface area (Å²) in [6, 6.07) is -0.627. The Balaban J connectivity index is 3.38. The number of carbonyl (C=O) groups excluding carboxylic acids is 2. The van der Waals surface area contributed by atoms with Crippen molar-refractivity contribution in [3.8, 4) is 0 Å². The van der Waals surface area contributed by atoms with E-state index in [-0.39, 0.29) is 18.5 Å². The zero-order chi connectivity index (χ0) is 57.1. The molecule has 0 aliphatic rings. The van der Waals surface area contributed by atoms with E-state index >= 15 is 0 Å². The van der Waals surface area contributed by atoms with Gasteiger partial charge in [0, 0.05) is 12.8 Å². The number of nitrogens with one attached hydrogen (secondary N) is 1. The molecule has 0 fully saturated rings. The van der Waals surface area contributed by atoms with E-state index in [0.29, 0.717) is 19.4 Å². The van der Waals surface area contributed by atoms with Crippen molar-refractivity contribution >= 4 is 11.9 Å². The fourth-order valence-electron chi connectivity index (χ4n) is 11.2. The number of hydrogen-bond acceptors (Lipinski definition) is 5. The van der Waals surface area contributed by atoms with Crippen LogP contribution in [0.5, 0.6) is 0 Å². The second-order valence-electron chi connectivity index (χ2n) is 24.6. The van der Waals surface area contributed by atoms with Gasteiger partial charge in [-0.2, -0.15) is 0 Å². The molecule has 0 aromatic rings. The van der Waals surface area contributed by atoms with Gasteiger partial charge < -0.3 is 20.3 Å². The predicted molar refractivity (Wildman–Crippen MR) is 347 cm³/mol. The van der Waals surface area contributed by atoms with Crippen molar-refractivity contribution in [3.05, 3.63) is 36.5 Å². The van der Waals surface area contributed by atoms with Crippen molar-refractivity contribution in [1.82, 2.24) is 5.32 Å². The van der Waals surface area contributed by atoms with Crippen molar-refractivity contribution in [3.63, 3.8) is 0 Å². The molecule has 0 heterocycles. The maximum atomic E-state index is 12.5. The minimum absolute atomic E-state index is 0.0177. The van der Waals surface area contributed by atoms with Crippen LogP contribution in [0.25, 0.3) is 0 Å². The van der Waals surface area contributed by atoms with Crippen molar-refractivity contribution < 1.29 is 24.5 Å². The molecule has 6 nitrogen and oxygen atoms in total. The smallest absolute Gasteiger partial charge is 0.305 e. The maximum absolute atomic E-state index is 12.5. The van der Waals surface area contributed by atoms with Gasteiger partial charge in [0.15, 0.2) is 0 Å². The number of amides is 1. The van der Waals surface area contributed by atoms with Gasteiger partial charge in [0.2, 0.25) is 5.91 Å². The molecule has 0 saturated carbocycles. The Hall–Kier alpha value is -1.92. The van der Waals surface area contributed by atoms with Crippen LogP contribution in [0.15, 0.2) is 36.5 Å². The third-order valence-electron chi connectivity index (χ3n) is 16.7. The number of aliphatic hydroxyl groups excluding tert-OH is 2. The first kappa shape index (κ1) is 77.1. The highest BCUT2D eigenvalue weighted by atomic mass is 16.5. The Labute approximate surface area is 494 Å². The highest BCUT2D eigenvalue weighted by Crippen LogP contribution is 2.18. The molecule has 6 heteroatoms. The van der Waals surface area contributed by atoms with Gasteiger partial charge in [0.05, 0.1) is 25.4 Å². The van der Waals surface area contributed by atoms with Gasteiger partial charge in [-0.25, -0.2) is 0 Å². The monoisotopic (exact) mass is 1110 g/mol. The predicted octanol–water partition coefficient (Wildman–Crippen LogP) is 23.1. The fourth-order valence-corrected chi connectivity index (χ4v) is 11.2. The standard InChI is InChI=1S/C73H139NO5/c1-3-5-7-9-11-13-15-17-18-19-36-39-43-47-51-55-59-63-67-73(78)79-68-64-60-56-52-48-44-40-37-34-32-30-28-26-24-22-20-21-23-25-27-29-31-33-35-38-42-46-50-54-58-62-66-72(77)74-70(69-75)71(76)65-61-57-53-49-45-41-16-14-12-10-8-6-4-2/h22,24,28,30,61,65,70-71,75-76H,3-21,23,25-27,29,31-60,62-64,66-69H2,1-2H3,(H,74,77)/b24-22-,30-28-,65-61+. The summed E-state index contributed by atoms with van der Waals surface area (Å²) in [5.74, 6) is -0.0485. The highest BCUT2D eigenvalue weighted by molar-refractivity contribution is 5.76. The minimum Gasteiger partial charge on any atom is -0.466 e.